The zero-order valence-electron chi connectivity index (χ0n) is 10.8. The van der Waals surface area contributed by atoms with E-state index in [0.29, 0.717) is 25.4 Å². The molecule has 0 saturated carbocycles. The van der Waals surface area contributed by atoms with Crippen LogP contribution in [-0.2, 0) is 11.2 Å². The van der Waals surface area contributed by atoms with Crippen molar-refractivity contribution in [3.63, 3.8) is 0 Å². The third-order valence-electron chi connectivity index (χ3n) is 3.16. The molecule has 1 aliphatic heterocycles. The van der Waals surface area contributed by atoms with Crippen LogP contribution in [0.5, 0.6) is 11.5 Å². The molecule has 6 heteroatoms. The number of ether oxygens (including phenoxy) is 2. The van der Waals surface area contributed by atoms with E-state index in [-0.39, 0.29) is 6.42 Å². The van der Waals surface area contributed by atoms with Gasteiger partial charge in [-0.25, -0.2) is 0 Å². The minimum Gasteiger partial charge on any atom is -0.486 e. The van der Waals surface area contributed by atoms with Crippen LogP contribution >= 0.6 is 0 Å². The highest BCUT2D eigenvalue weighted by atomic mass is 16.6. The first-order chi connectivity index (χ1) is 9.74. The molecule has 0 fully saturated rings. The fraction of sp³-hybridized carbons (Fsp3) is 0.286. The quantitative estimate of drug-likeness (QED) is 0.889. The number of aryl methyl sites for hydroxylation is 1. The SMILES string of the molecule is O=C(O)CCc1cn[nH]c1-c1ccc2c(c1)OCCO2. The standard InChI is InChI=1S/C14H14N2O4/c17-13(18)4-2-10-8-15-16-14(10)9-1-3-11-12(7-9)20-6-5-19-11/h1,3,7-8H,2,4-6H2,(H,15,16)(H,17,18). The second-order valence-corrected chi connectivity index (χ2v) is 4.52. The van der Waals surface area contributed by atoms with E-state index in [4.69, 9.17) is 14.6 Å². The maximum Gasteiger partial charge on any atom is 0.303 e. The van der Waals surface area contributed by atoms with Crippen molar-refractivity contribution in [3.8, 4) is 22.8 Å². The lowest BCUT2D eigenvalue weighted by Crippen LogP contribution is -2.15. The number of aromatic nitrogens is 2. The van der Waals surface area contributed by atoms with Crippen molar-refractivity contribution in [1.82, 2.24) is 10.2 Å². The second kappa shape index (κ2) is 5.24. The average Bonchev–Trinajstić information content (AvgIpc) is 2.93. The summed E-state index contributed by atoms with van der Waals surface area (Å²) in [6, 6.07) is 5.64. The topological polar surface area (TPSA) is 84.4 Å². The Balaban J connectivity index is 1.89. The van der Waals surface area contributed by atoms with E-state index in [1.54, 1.807) is 6.20 Å². The van der Waals surface area contributed by atoms with Crippen LogP contribution in [0, 0.1) is 0 Å². The molecule has 104 valence electrons. The minimum absolute atomic E-state index is 0.0804. The van der Waals surface area contributed by atoms with Crippen molar-refractivity contribution in [2.75, 3.05) is 13.2 Å². The van der Waals surface area contributed by atoms with Crippen molar-refractivity contribution >= 4 is 5.97 Å². The molecule has 0 saturated heterocycles. The van der Waals surface area contributed by atoms with Crippen LogP contribution in [0.4, 0.5) is 0 Å². The fourth-order valence-corrected chi connectivity index (χ4v) is 2.19. The molecule has 0 amide bonds. The summed E-state index contributed by atoms with van der Waals surface area (Å²) < 4.78 is 11.0. The van der Waals surface area contributed by atoms with Gasteiger partial charge in [-0.1, -0.05) is 0 Å². The Morgan fingerprint density at radius 2 is 2.10 bits per heavy atom. The average molecular weight is 274 g/mol. The number of carboxylic acid groups (broad SMARTS) is 1. The van der Waals surface area contributed by atoms with Crippen molar-refractivity contribution in [3.05, 3.63) is 30.0 Å². The maximum atomic E-state index is 10.7. The predicted molar refractivity (Wildman–Crippen MR) is 71.0 cm³/mol. The molecule has 0 unspecified atom stereocenters. The van der Waals surface area contributed by atoms with Gasteiger partial charge in [0.15, 0.2) is 11.5 Å². The van der Waals surface area contributed by atoms with E-state index in [2.05, 4.69) is 10.2 Å². The van der Waals surface area contributed by atoms with Gasteiger partial charge < -0.3 is 14.6 Å². The Morgan fingerprint density at radius 1 is 1.30 bits per heavy atom. The van der Waals surface area contributed by atoms with Gasteiger partial charge in [0.1, 0.15) is 13.2 Å². The largest absolute Gasteiger partial charge is 0.486 e. The molecule has 2 aromatic rings. The van der Waals surface area contributed by atoms with Gasteiger partial charge in [0, 0.05) is 12.0 Å². The number of hydrogen-bond acceptors (Lipinski definition) is 4. The molecule has 6 nitrogen and oxygen atoms in total. The number of nitrogens with one attached hydrogen (secondary N) is 1. The van der Waals surface area contributed by atoms with E-state index in [0.717, 1.165) is 22.6 Å². The van der Waals surface area contributed by atoms with E-state index >= 15 is 0 Å². The first kappa shape index (κ1) is 12.5. The molecular formula is C14H14N2O4. The summed E-state index contributed by atoms with van der Waals surface area (Å²) in [7, 11) is 0. The molecule has 0 spiro atoms. The van der Waals surface area contributed by atoms with Crippen LogP contribution in [0.15, 0.2) is 24.4 Å². The summed E-state index contributed by atoms with van der Waals surface area (Å²) in [4.78, 5) is 10.7. The summed E-state index contributed by atoms with van der Waals surface area (Å²) in [6.07, 6.45) is 2.18. The molecule has 20 heavy (non-hydrogen) atoms. The number of nitrogens with zero attached hydrogens (tertiary/aromatic N) is 1. The Bertz CT molecular complexity index is 636. The minimum atomic E-state index is -0.820. The van der Waals surface area contributed by atoms with Gasteiger partial charge in [-0.3, -0.25) is 9.89 Å². The van der Waals surface area contributed by atoms with Gasteiger partial charge in [-0.15, -0.1) is 0 Å². The number of H-pyrrole nitrogens is 1. The van der Waals surface area contributed by atoms with Crippen molar-refractivity contribution in [1.29, 1.82) is 0 Å². The number of rotatable bonds is 4. The molecule has 0 radical (unpaired) electrons. The number of benzene rings is 1. The Kier molecular flexibility index (Phi) is 3.28. The molecule has 2 N–H and O–H groups in total. The Labute approximate surface area is 115 Å². The smallest absolute Gasteiger partial charge is 0.303 e. The van der Waals surface area contributed by atoms with E-state index < -0.39 is 5.97 Å². The van der Waals surface area contributed by atoms with Gasteiger partial charge in [-0.05, 0) is 30.2 Å². The summed E-state index contributed by atoms with van der Waals surface area (Å²) in [6.45, 7) is 1.09. The zero-order valence-corrected chi connectivity index (χ0v) is 10.8. The molecule has 0 atom stereocenters. The van der Waals surface area contributed by atoms with Gasteiger partial charge in [-0.2, -0.15) is 5.10 Å². The number of aromatic amines is 1. The van der Waals surface area contributed by atoms with E-state index in [1.165, 1.54) is 0 Å². The fourth-order valence-electron chi connectivity index (χ4n) is 2.19. The Hall–Kier alpha value is -2.50. The van der Waals surface area contributed by atoms with Crippen LogP contribution in [-0.4, -0.2) is 34.5 Å². The lowest BCUT2D eigenvalue weighted by atomic mass is 10.0. The van der Waals surface area contributed by atoms with Crippen molar-refractivity contribution < 1.29 is 19.4 Å². The molecule has 1 aliphatic rings. The van der Waals surface area contributed by atoms with Gasteiger partial charge in [0.2, 0.25) is 0 Å². The van der Waals surface area contributed by atoms with Crippen molar-refractivity contribution in [2.24, 2.45) is 0 Å². The first-order valence-electron chi connectivity index (χ1n) is 6.38. The summed E-state index contributed by atoms with van der Waals surface area (Å²) in [5.74, 6) is 0.610. The first-order valence-corrected chi connectivity index (χ1v) is 6.38. The number of aliphatic carboxylic acids is 1. The van der Waals surface area contributed by atoms with Crippen LogP contribution in [0.3, 0.4) is 0 Å². The third kappa shape index (κ3) is 2.45. The zero-order chi connectivity index (χ0) is 13.9. The highest BCUT2D eigenvalue weighted by Crippen LogP contribution is 2.34. The monoisotopic (exact) mass is 274 g/mol. The molecule has 1 aromatic heterocycles. The maximum absolute atomic E-state index is 10.7. The normalized spacial score (nSPS) is 13.2. The molecule has 0 aliphatic carbocycles. The summed E-state index contributed by atoms with van der Waals surface area (Å²) >= 11 is 0. The lowest BCUT2D eigenvalue weighted by Gasteiger charge is -2.18. The number of fused-ring (bicyclic) bond motifs is 1. The molecule has 2 heterocycles. The lowest BCUT2D eigenvalue weighted by molar-refractivity contribution is -0.136. The molecule has 0 bridgehead atoms. The Morgan fingerprint density at radius 3 is 2.90 bits per heavy atom. The predicted octanol–water partition coefficient (Wildman–Crippen LogP) is 1.87. The highest BCUT2D eigenvalue weighted by Gasteiger charge is 2.15. The number of carbonyl (C=O) groups is 1. The van der Waals surface area contributed by atoms with Crippen molar-refractivity contribution in [2.45, 2.75) is 12.8 Å². The number of hydrogen-bond donors (Lipinski definition) is 2. The van der Waals surface area contributed by atoms with Crippen LogP contribution < -0.4 is 9.47 Å². The number of carboxylic acids is 1. The summed E-state index contributed by atoms with van der Waals surface area (Å²) in [5.41, 5.74) is 2.61. The molecule has 3 rings (SSSR count). The van der Waals surface area contributed by atoms with E-state index in [1.807, 2.05) is 18.2 Å². The summed E-state index contributed by atoms with van der Waals surface area (Å²) in [5, 5.41) is 15.7. The van der Waals surface area contributed by atoms with Gasteiger partial charge in [0.05, 0.1) is 11.9 Å². The molecule has 1 aromatic carbocycles. The highest BCUT2D eigenvalue weighted by molar-refractivity contribution is 5.70. The van der Waals surface area contributed by atoms with Crippen LogP contribution in [0.1, 0.15) is 12.0 Å². The van der Waals surface area contributed by atoms with E-state index in [9.17, 15) is 4.79 Å². The van der Waals surface area contributed by atoms with Crippen LogP contribution in [0.2, 0.25) is 0 Å². The second-order valence-electron chi connectivity index (χ2n) is 4.52. The third-order valence-corrected chi connectivity index (χ3v) is 3.16. The molecular weight excluding hydrogens is 260 g/mol. The van der Waals surface area contributed by atoms with Crippen LogP contribution in [0.25, 0.3) is 11.3 Å². The van der Waals surface area contributed by atoms with Gasteiger partial charge in [0.25, 0.3) is 0 Å². The van der Waals surface area contributed by atoms with Gasteiger partial charge >= 0.3 is 5.97 Å².